The van der Waals surface area contributed by atoms with Crippen LogP contribution in [0, 0.1) is 0 Å². The molecular weight excluding hydrogens is 673 g/mol. The van der Waals surface area contributed by atoms with Gasteiger partial charge in [-0.05, 0) is 80.4 Å². The monoisotopic (exact) mass is 709 g/mol. The molecule has 7 aromatic carbocycles. The van der Waals surface area contributed by atoms with Crippen molar-refractivity contribution in [2.24, 2.45) is 7.05 Å². The van der Waals surface area contributed by atoms with E-state index < -0.39 is 8.07 Å². The van der Waals surface area contributed by atoms with Gasteiger partial charge in [0.2, 0.25) is 6.33 Å². The highest BCUT2D eigenvalue weighted by Crippen LogP contribution is 2.33. The molecule has 0 saturated heterocycles. The van der Waals surface area contributed by atoms with Crippen LogP contribution in [0.4, 0.5) is 0 Å². The molecule has 0 saturated carbocycles. The normalized spacial score (nSPS) is 11.8. The Bertz CT molecular complexity index is 2910. The van der Waals surface area contributed by atoms with Gasteiger partial charge in [-0.15, -0.1) is 0 Å². The van der Waals surface area contributed by atoms with Crippen LogP contribution in [-0.2, 0) is 7.05 Å². The highest BCUT2D eigenvalue weighted by Gasteiger charge is 2.42. The lowest BCUT2D eigenvalue weighted by molar-refractivity contribution is -0.645. The van der Waals surface area contributed by atoms with Crippen molar-refractivity contribution in [2.75, 3.05) is 0 Å². The van der Waals surface area contributed by atoms with E-state index in [0.717, 1.165) is 28.1 Å². The summed E-state index contributed by atoms with van der Waals surface area (Å²) >= 11 is 0. The second-order valence-corrected chi connectivity index (χ2v) is 17.8. The summed E-state index contributed by atoms with van der Waals surface area (Å²) in [5.41, 5.74) is 8.12. The third-order valence-electron chi connectivity index (χ3n) is 11.0. The zero-order valence-corrected chi connectivity index (χ0v) is 30.9. The minimum atomic E-state index is -2.93. The van der Waals surface area contributed by atoms with Gasteiger partial charge in [-0.1, -0.05) is 146 Å². The van der Waals surface area contributed by atoms with Gasteiger partial charge in [0.1, 0.15) is 11.5 Å². The summed E-state index contributed by atoms with van der Waals surface area (Å²) in [6, 6.07) is 71.0. The molecule has 0 aliphatic heterocycles. The first-order valence-electron chi connectivity index (χ1n) is 18.4. The molecule has 0 N–H and O–H groups in total. The number of benzene rings is 7. The van der Waals surface area contributed by atoms with Crippen molar-refractivity contribution in [3.63, 3.8) is 0 Å². The molecule has 4 nitrogen and oxygen atoms in total. The maximum Gasteiger partial charge on any atom is 0.249 e. The van der Waals surface area contributed by atoms with Gasteiger partial charge in [-0.3, -0.25) is 4.57 Å². The molecule has 0 bridgehead atoms. The Kier molecular flexibility index (Phi) is 7.67. The third kappa shape index (κ3) is 5.05. The molecule has 10 rings (SSSR count). The third-order valence-corrected chi connectivity index (χ3v) is 15.7. The Morgan fingerprint density at radius 1 is 0.463 bits per heavy atom. The van der Waals surface area contributed by atoms with Crippen LogP contribution in [0.1, 0.15) is 0 Å². The van der Waals surface area contributed by atoms with E-state index in [0.29, 0.717) is 0 Å². The van der Waals surface area contributed by atoms with Crippen molar-refractivity contribution < 1.29 is 4.57 Å². The van der Waals surface area contributed by atoms with Crippen molar-refractivity contribution in [3.05, 3.63) is 207 Å². The van der Waals surface area contributed by atoms with Gasteiger partial charge in [-0.25, -0.2) is 9.55 Å². The molecule has 5 heteroatoms. The predicted molar refractivity (Wildman–Crippen MR) is 226 cm³/mol. The second-order valence-electron chi connectivity index (χ2n) is 14.0. The van der Waals surface area contributed by atoms with E-state index in [9.17, 15) is 0 Å². The number of rotatable bonds is 7. The first-order valence-corrected chi connectivity index (χ1v) is 20.4. The maximum absolute atomic E-state index is 5.02. The van der Waals surface area contributed by atoms with Crippen molar-refractivity contribution in [3.8, 4) is 22.6 Å². The number of hydrogen-bond acceptors (Lipinski definition) is 1. The molecule has 3 aromatic heterocycles. The summed E-state index contributed by atoms with van der Waals surface area (Å²) < 4.78 is 6.88. The van der Waals surface area contributed by atoms with E-state index in [1.54, 1.807) is 0 Å². The van der Waals surface area contributed by atoms with Gasteiger partial charge in [0.05, 0.1) is 18.1 Å². The molecule has 0 atom stereocenters. The van der Waals surface area contributed by atoms with Gasteiger partial charge >= 0.3 is 0 Å². The van der Waals surface area contributed by atoms with Gasteiger partial charge in [0.15, 0.2) is 19.1 Å². The van der Waals surface area contributed by atoms with E-state index in [2.05, 4.69) is 221 Å². The molecule has 0 radical (unpaired) electrons. The molecule has 3 heterocycles. The van der Waals surface area contributed by atoms with Crippen molar-refractivity contribution in [1.29, 1.82) is 0 Å². The fraction of sp³-hybridized carbons (Fsp3) is 0.0204. The quantitative estimate of drug-likeness (QED) is 0.0937. The van der Waals surface area contributed by atoms with Crippen LogP contribution in [0.5, 0.6) is 0 Å². The Morgan fingerprint density at radius 3 is 1.83 bits per heavy atom. The Labute approximate surface area is 315 Å². The van der Waals surface area contributed by atoms with Gasteiger partial charge in [0.25, 0.3) is 0 Å². The minimum Gasteiger partial charge on any atom is -0.294 e. The van der Waals surface area contributed by atoms with Crippen molar-refractivity contribution in [1.82, 2.24) is 14.1 Å². The van der Waals surface area contributed by atoms with Crippen LogP contribution in [0.15, 0.2) is 207 Å². The van der Waals surface area contributed by atoms with Crippen molar-refractivity contribution >= 4 is 61.7 Å². The zero-order chi connectivity index (χ0) is 36.1. The average molecular weight is 710 g/mol. The predicted octanol–water partition coefficient (Wildman–Crippen LogP) is 7.99. The number of imidazole rings is 1. The summed E-state index contributed by atoms with van der Waals surface area (Å²) in [6.07, 6.45) is 4.13. The summed E-state index contributed by atoms with van der Waals surface area (Å²) in [5, 5.41) is 7.74. The number of aryl methyl sites for hydroxylation is 1. The fourth-order valence-electron chi connectivity index (χ4n) is 8.54. The Hall–Kier alpha value is -6.82. The fourth-order valence-corrected chi connectivity index (χ4v) is 13.3. The smallest absolute Gasteiger partial charge is 0.249 e. The molecule has 0 amide bonds. The number of fused-ring (bicyclic) bond motifs is 4. The van der Waals surface area contributed by atoms with E-state index >= 15 is 0 Å². The van der Waals surface area contributed by atoms with Crippen molar-refractivity contribution in [2.45, 2.75) is 0 Å². The van der Waals surface area contributed by atoms with Gasteiger partial charge in [-0.2, -0.15) is 4.57 Å². The molecule has 0 fully saturated rings. The zero-order valence-electron chi connectivity index (χ0n) is 29.9. The molecule has 0 spiro atoms. The lowest BCUT2D eigenvalue weighted by Gasteiger charge is -2.34. The molecule has 256 valence electrons. The minimum absolute atomic E-state index is 0.903. The van der Waals surface area contributed by atoms with Crippen LogP contribution in [0.2, 0.25) is 0 Å². The second kappa shape index (κ2) is 13.0. The highest BCUT2D eigenvalue weighted by atomic mass is 28.3. The Morgan fingerprint density at radius 2 is 1.07 bits per heavy atom. The molecule has 10 aromatic rings. The number of aromatic nitrogens is 4. The molecule has 0 aliphatic rings. The van der Waals surface area contributed by atoms with Crippen LogP contribution < -0.4 is 25.3 Å². The first kappa shape index (κ1) is 31.9. The average Bonchev–Trinajstić information content (AvgIpc) is 3.77. The topological polar surface area (TPSA) is 26.6 Å². The number of nitrogens with zero attached hydrogens (tertiary/aromatic N) is 4. The van der Waals surface area contributed by atoms with E-state index in [4.69, 9.17) is 4.98 Å². The first-order chi connectivity index (χ1) is 26.7. The standard InChI is InChI=1S/C49H37N4Si/c1-51-35-52(47-27-14-13-26-46(47)51)38-18-15-23-41(33-38)54(39-19-7-3-8-20-39,40-21-9-4-10-22-40)42-28-29-44-43-24-11-12-25-45(43)53(48(44)34-42)49-32-37(30-31-50-49)36-16-5-2-6-17-36/h2-35H,1H3/q+1. The molecule has 0 aliphatic carbocycles. The van der Waals surface area contributed by atoms with Crippen LogP contribution in [0.3, 0.4) is 0 Å². The molecular formula is C49H37N4Si+. The van der Waals surface area contributed by atoms with E-state index in [1.807, 2.05) is 6.20 Å². The number of hydrogen-bond donors (Lipinski definition) is 0. The largest absolute Gasteiger partial charge is 0.294 e. The summed E-state index contributed by atoms with van der Waals surface area (Å²) in [5.74, 6) is 0.903. The van der Waals surface area contributed by atoms with Crippen LogP contribution in [0.25, 0.3) is 55.5 Å². The SMILES string of the molecule is C[n+]1cn(-c2cccc([Si](c3ccccc3)(c3ccccc3)c3ccc4c5ccccc5n(-c5cc(-c6ccccc6)ccn5)c4c3)c2)c2ccccc21. The Balaban J connectivity index is 1.28. The van der Waals surface area contributed by atoms with Crippen LogP contribution >= 0.6 is 0 Å². The van der Waals surface area contributed by atoms with Crippen LogP contribution in [-0.4, -0.2) is 22.2 Å². The highest BCUT2D eigenvalue weighted by molar-refractivity contribution is 7.20. The summed E-state index contributed by atoms with van der Waals surface area (Å²) in [6.45, 7) is 0. The lowest BCUT2D eigenvalue weighted by atomic mass is 10.1. The number of pyridine rings is 1. The molecule has 54 heavy (non-hydrogen) atoms. The molecule has 0 unspecified atom stereocenters. The van der Waals surface area contributed by atoms with Gasteiger partial charge in [0, 0.05) is 17.0 Å². The van der Waals surface area contributed by atoms with Gasteiger partial charge < -0.3 is 0 Å². The van der Waals surface area contributed by atoms with E-state index in [-0.39, 0.29) is 0 Å². The summed E-state index contributed by atoms with van der Waals surface area (Å²) in [7, 11) is -0.813. The lowest BCUT2D eigenvalue weighted by Crippen LogP contribution is -2.74. The van der Waals surface area contributed by atoms with E-state index in [1.165, 1.54) is 48.1 Å². The number of para-hydroxylation sites is 3. The maximum atomic E-state index is 5.02. The summed E-state index contributed by atoms with van der Waals surface area (Å²) in [4.78, 5) is 5.02.